The maximum atomic E-state index is 10.8. The highest BCUT2D eigenvalue weighted by molar-refractivity contribution is 7.54. The number of allylic oxidation sites excluding steroid dienone is 1. The highest BCUT2D eigenvalue weighted by Crippen LogP contribution is 2.42. The summed E-state index contributed by atoms with van der Waals surface area (Å²) in [5.74, 6) is 0. The predicted molar refractivity (Wildman–Crippen MR) is 55.2 cm³/mol. The van der Waals surface area contributed by atoms with Crippen molar-refractivity contribution in [3.63, 3.8) is 0 Å². The Morgan fingerprint density at radius 1 is 1.54 bits per heavy atom. The second-order valence-corrected chi connectivity index (χ2v) is 5.16. The largest absolute Gasteiger partial charge is 0.343 e. The molecule has 3 nitrogen and oxygen atoms in total. The van der Waals surface area contributed by atoms with Crippen LogP contribution in [0.4, 0.5) is 0 Å². The van der Waals surface area contributed by atoms with Gasteiger partial charge in [0.1, 0.15) is 5.62 Å². The number of rotatable bonds is 7. The van der Waals surface area contributed by atoms with Crippen molar-refractivity contribution in [1.29, 1.82) is 0 Å². The lowest BCUT2D eigenvalue weighted by Crippen LogP contribution is -1.90. The van der Waals surface area contributed by atoms with Gasteiger partial charge in [0, 0.05) is 0 Å². The molecule has 0 bridgehead atoms. The highest BCUT2D eigenvalue weighted by Gasteiger charge is 2.15. The predicted octanol–water partition coefficient (Wildman–Crippen LogP) is 3.13. The van der Waals surface area contributed by atoms with Crippen LogP contribution >= 0.6 is 19.2 Å². The van der Waals surface area contributed by atoms with E-state index < -0.39 is 7.60 Å². The number of hydrogen-bond acceptors (Lipinski definition) is 2. The third-order valence-electron chi connectivity index (χ3n) is 1.41. The van der Waals surface area contributed by atoms with E-state index in [9.17, 15) is 4.57 Å². The Kier molecular flexibility index (Phi) is 7.68. The first kappa shape index (κ1) is 13.2. The van der Waals surface area contributed by atoms with Gasteiger partial charge in [0.2, 0.25) is 0 Å². The number of alkyl halides is 1. The van der Waals surface area contributed by atoms with E-state index in [0.29, 0.717) is 0 Å². The van der Waals surface area contributed by atoms with Gasteiger partial charge in [-0.1, -0.05) is 31.9 Å². The molecule has 0 amide bonds. The summed E-state index contributed by atoms with van der Waals surface area (Å²) in [5.41, 5.74) is -0.351. The molecule has 0 aliphatic heterocycles. The van der Waals surface area contributed by atoms with E-state index in [1.54, 1.807) is 6.08 Å². The number of halogens is 1. The summed E-state index contributed by atoms with van der Waals surface area (Å²) in [6.45, 7) is 2.27. The van der Waals surface area contributed by atoms with E-state index in [-0.39, 0.29) is 12.2 Å². The van der Waals surface area contributed by atoms with Crippen LogP contribution in [0.15, 0.2) is 12.2 Å². The molecule has 0 saturated carbocycles. The second kappa shape index (κ2) is 7.57. The fourth-order valence-electron chi connectivity index (χ4n) is 0.702. The van der Waals surface area contributed by atoms with Gasteiger partial charge in [-0.05, 0) is 6.42 Å². The minimum absolute atomic E-state index is 0.157. The minimum atomic E-state index is -3.51. The maximum Gasteiger partial charge on any atom is 0.343 e. The maximum absolute atomic E-state index is 10.8. The van der Waals surface area contributed by atoms with Crippen LogP contribution < -0.4 is 0 Å². The molecule has 5 heteroatoms. The second-order valence-electron chi connectivity index (χ2n) is 2.67. The zero-order valence-electron chi connectivity index (χ0n) is 7.78. The van der Waals surface area contributed by atoms with E-state index in [2.05, 4.69) is 11.4 Å². The molecule has 0 aromatic carbocycles. The van der Waals surface area contributed by atoms with Crippen LogP contribution in [0.1, 0.15) is 26.2 Å². The van der Waals surface area contributed by atoms with Crippen LogP contribution in [0.25, 0.3) is 0 Å². The Bertz CT molecular complexity index is 194. The summed E-state index contributed by atoms with van der Waals surface area (Å²) >= 11 is 5.19. The van der Waals surface area contributed by atoms with Crippen LogP contribution in [-0.2, 0) is 9.09 Å². The molecule has 0 spiro atoms. The van der Waals surface area contributed by atoms with Gasteiger partial charge < -0.3 is 9.42 Å². The lowest BCUT2D eigenvalue weighted by molar-refractivity contribution is 0.291. The Labute approximate surface area is 84.3 Å². The molecule has 0 aromatic heterocycles. The van der Waals surface area contributed by atoms with Crippen LogP contribution in [0.5, 0.6) is 0 Å². The molecule has 0 fully saturated rings. The molecule has 0 aliphatic rings. The van der Waals surface area contributed by atoms with Crippen molar-refractivity contribution >= 4 is 19.2 Å². The standard InChI is InChI=1S/C8H16ClO3P/c1-2-3-4-5-6-7-12-13(10,11)8-9/h5-6H,2-4,7-8H2,1H3,(H,10,11). The van der Waals surface area contributed by atoms with Crippen LogP contribution in [0.3, 0.4) is 0 Å². The average molecular weight is 227 g/mol. The van der Waals surface area contributed by atoms with Gasteiger partial charge in [0.25, 0.3) is 0 Å². The molecular weight excluding hydrogens is 211 g/mol. The van der Waals surface area contributed by atoms with Crippen molar-refractivity contribution in [1.82, 2.24) is 0 Å². The van der Waals surface area contributed by atoms with Gasteiger partial charge in [-0.2, -0.15) is 0 Å². The molecule has 0 aliphatic carbocycles. The normalized spacial score (nSPS) is 16.2. The fourth-order valence-corrected chi connectivity index (χ4v) is 1.30. The van der Waals surface area contributed by atoms with E-state index >= 15 is 0 Å². The van der Waals surface area contributed by atoms with Gasteiger partial charge in [0.05, 0.1) is 6.61 Å². The summed E-state index contributed by atoms with van der Waals surface area (Å²) in [4.78, 5) is 8.89. The summed E-state index contributed by atoms with van der Waals surface area (Å²) in [6, 6.07) is 0. The van der Waals surface area contributed by atoms with Gasteiger partial charge in [-0.25, -0.2) is 0 Å². The summed E-state index contributed by atoms with van der Waals surface area (Å²) < 4.78 is 15.5. The Morgan fingerprint density at radius 3 is 2.77 bits per heavy atom. The SMILES string of the molecule is CCCCC=CCOP(=O)(O)CCl. The molecule has 0 aromatic rings. The van der Waals surface area contributed by atoms with Gasteiger partial charge >= 0.3 is 7.60 Å². The zero-order valence-corrected chi connectivity index (χ0v) is 9.43. The highest BCUT2D eigenvalue weighted by atomic mass is 35.5. The number of hydrogen-bond donors (Lipinski definition) is 1. The quantitative estimate of drug-likeness (QED) is 0.314. The molecule has 0 heterocycles. The molecule has 0 saturated heterocycles. The number of unbranched alkanes of at least 4 members (excludes halogenated alkanes) is 2. The third-order valence-corrected chi connectivity index (χ3v) is 3.18. The van der Waals surface area contributed by atoms with Gasteiger partial charge in [0.15, 0.2) is 0 Å². The Morgan fingerprint density at radius 2 is 2.23 bits per heavy atom. The van der Waals surface area contributed by atoms with Gasteiger partial charge in [-0.15, -0.1) is 11.6 Å². The van der Waals surface area contributed by atoms with Crippen LogP contribution in [-0.4, -0.2) is 17.1 Å². The van der Waals surface area contributed by atoms with E-state index in [1.807, 2.05) is 6.08 Å². The van der Waals surface area contributed by atoms with Crippen LogP contribution in [0.2, 0.25) is 0 Å². The lowest BCUT2D eigenvalue weighted by atomic mass is 10.2. The average Bonchev–Trinajstić information content (AvgIpc) is 2.11. The Hall–Kier alpha value is 0.180. The third kappa shape index (κ3) is 8.51. The molecule has 1 unspecified atom stereocenters. The van der Waals surface area contributed by atoms with Crippen molar-refractivity contribution in [2.45, 2.75) is 26.2 Å². The smallest absolute Gasteiger partial charge is 0.323 e. The van der Waals surface area contributed by atoms with Crippen LogP contribution in [0, 0.1) is 0 Å². The lowest BCUT2D eigenvalue weighted by Gasteiger charge is -2.05. The summed E-state index contributed by atoms with van der Waals surface area (Å²) in [5, 5.41) is 0. The molecule has 13 heavy (non-hydrogen) atoms. The molecular formula is C8H16ClO3P. The summed E-state index contributed by atoms with van der Waals surface area (Å²) in [6.07, 6.45) is 6.94. The first-order valence-corrected chi connectivity index (χ1v) is 6.59. The van der Waals surface area contributed by atoms with Gasteiger partial charge in [-0.3, -0.25) is 4.57 Å². The van der Waals surface area contributed by atoms with E-state index in [4.69, 9.17) is 16.5 Å². The summed E-state index contributed by atoms with van der Waals surface area (Å²) in [7, 11) is -3.51. The minimum Gasteiger partial charge on any atom is -0.323 e. The first-order chi connectivity index (χ1) is 6.12. The monoisotopic (exact) mass is 226 g/mol. The van der Waals surface area contributed by atoms with Crippen molar-refractivity contribution in [3.05, 3.63) is 12.2 Å². The molecule has 1 atom stereocenters. The Balaban J connectivity index is 3.44. The van der Waals surface area contributed by atoms with Crippen molar-refractivity contribution < 1.29 is 14.0 Å². The first-order valence-electron chi connectivity index (χ1n) is 4.29. The molecule has 78 valence electrons. The van der Waals surface area contributed by atoms with E-state index in [0.717, 1.165) is 19.3 Å². The molecule has 0 rings (SSSR count). The van der Waals surface area contributed by atoms with Crippen molar-refractivity contribution in [2.75, 3.05) is 12.2 Å². The fraction of sp³-hybridized carbons (Fsp3) is 0.750. The van der Waals surface area contributed by atoms with E-state index in [1.165, 1.54) is 0 Å². The van der Waals surface area contributed by atoms with Crippen molar-refractivity contribution in [2.24, 2.45) is 0 Å². The zero-order chi connectivity index (χ0) is 10.2. The molecule has 1 N–H and O–H groups in total. The topological polar surface area (TPSA) is 46.5 Å². The van der Waals surface area contributed by atoms with Crippen molar-refractivity contribution in [3.8, 4) is 0 Å². The molecule has 0 radical (unpaired) electrons.